The molecule has 0 aliphatic carbocycles. The Morgan fingerprint density at radius 1 is 1.47 bits per heavy atom. The maximum atomic E-state index is 8.68. The van der Waals surface area contributed by atoms with Crippen LogP contribution in [0.1, 0.15) is 5.56 Å². The van der Waals surface area contributed by atoms with E-state index < -0.39 is 0 Å². The van der Waals surface area contributed by atoms with Gasteiger partial charge in [0.2, 0.25) is 5.71 Å². The second kappa shape index (κ2) is 5.80. The second-order valence-corrected chi connectivity index (χ2v) is 4.89. The van der Waals surface area contributed by atoms with E-state index in [-0.39, 0.29) is 11.5 Å². The quantitative estimate of drug-likeness (QED) is 0.440. The summed E-state index contributed by atoms with van der Waals surface area (Å²) in [5.74, 6) is -0.370. The van der Waals surface area contributed by atoms with Gasteiger partial charge in [0.15, 0.2) is 5.84 Å². The largest absolute Gasteiger partial charge is 0.382 e. The van der Waals surface area contributed by atoms with E-state index in [0.717, 1.165) is 14.5 Å². The van der Waals surface area contributed by atoms with Gasteiger partial charge in [-0.1, -0.05) is 15.9 Å². The van der Waals surface area contributed by atoms with Crippen LogP contribution in [0.3, 0.4) is 0 Å². The van der Waals surface area contributed by atoms with Gasteiger partial charge in [-0.05, 0) is 40.5 Å². The zero-order valence-electron chi connectivity index (χ0n) is 8.88. The van der Waals surface area contributed by atoms with E-state index in [1.54, 1.807) is 6.07 Å². The van der Waals surface area contributed by atoms with Crippen molar-refractivity contribution in [2.75, 3.05) is 5.43 Å². The molecule has 17 heavy (non-hydrogen) atoms. The van der Waals surface area contributed by atoms with E-state index in [0.29, 0.717) is 5.69 Å². The molecule has 0 spiro atoms. The van der Waals surface area contributed by atoms with Crippen LogP contribution in [0.5, 0.6) is 0 Å². The van der Waals surface area contributed by atoms with E-state index >= 15 is 0 Å². The molecule has 0 heterocycles. The molecular weight excluding hydrogens is 350 g/mol. The van der Waals surface area contributed by atoms with Gasteiger partial charge in [-0.25, -0.2) is 0 Å². The van der Waals surface area contributed by atoms with Crippen LogP contribution in [0, 0.1) is 23.7 Å². The van der Waals surface area contributed by atoms with Crippen LogP contribution in [0.4, 0.5) is 5.69 Å². The minimum atomic E-state index is -0.370. The van der Waals surface area contributed by atoms with Crippen molar-refractivity contribution in [3.05, 3.63) is 26.6 Å². The van der Waals surface area contributed by atoms with Gasteiger partial charge in [0.05, 0.1) is 5.69 Å². The van der Waals surface area contributed by atoms with Gasteiger partial charge in [0.1, 0.15) is 6.07 Å². The molecule has 0 aliphatic rings. The summed E-state index contributed by atoms with van der Waals surface area (Å²) in [6.45, 7) is 1.93. The van der Waals surface area contributed by atoms with E-state index in [1.165, 1.54) is 0 Å². The number of hydrogen-bond donors (Lipinski definition) is 3. The third kappa shape index (κ3) is 3.54. The number of hydrogen-bond acceptors (Lipinski definition) is 4. The van der Waals surface area contributed by atoms with Crippen molar-refractivity contribution in [3.63, 3.8) is 0 Å². The first-order valence-electron chi connectivity index (χ1n) is 4.49. The molecule has 88 valence electrons. The lowest BCUT2D eigenvalue weighted by atomic mass is 10.2. The predicted octanol–water partition coefficient (Wildman–Crippen LogP) is 2.75. The molecule has 0 bridgehead atoms. The number of halogens is 2. The van der Waals surface area contributed by atoms with E-state index in [4.69, 9.17) is 16.4 Å². The number of nitriles is 1. The molecule has 0 aromatic heterocycles. The Bertz CT molecular complexity index is 530. The monoisotopic (exact) mass is 357 g/mol. The molecule has 0 aliphatic heterocycles. The fourth-order valence-corrected chi connectivity index (χ4v) is 2.09. The van der Waals surface area contributed by atoms with Crippen molar-refractivity contribution in [1.82, 2.24) is 0 Å². The van der Waals surface area contributed by atoms with Crippen molar-refractivity contribution >= 4 is 49.1 Å². The topological polar surface area (TPSA) is 98.0 Å². The molecule has 5 nitrogen and oxygen atoms in total. The fourth-order valence-electron chi connectivity index (χ4n) is 1.00. The third-order valence-corrected chi connectivity index (χ3v) is 3.41. The Hall–Kier alpha value is -1.39. The summed E-state index contributed by atoms with van der Waals surface area (Å²) in [4.78, 5) is 0. The normalized spacial score (nSPS) is 10.8. The van der Waals surface area contributed by atoms with Crippen molar-refractivity contribution in [1.29, 1.82) is 10.7 Å². The average molecular weight is 359 g/mol. The van der Waals surface area contributed by atoms with Gasteiger partial charge in [-0.3, -0.25) is 10.8 Å². The standard InChI is InChI=1S/C10H9Br2N5/c1-5-2-8(7(12)3-6(5)11)16-17-9(4-13)10(14)15/h2-3,16H,1H3,(H3,14,15)/b17-9+. The predicted molar refractivity (Wildman–Crippen MR) is 75.2 cm³/mol. The molecule has 0 unspecified atom stereocenters. The summed E-state index contributed by atoms with van der Waals surface area (Å²) in [6, 6.07) is 5.45. The van der Waals surface area contributed by atoms with Crippen LogP contribution in [0.15, 0.2) is 26.2 Å². The summed E-state index contributed by atoms with van der Waals surface area (Å²) in [7, 11) is 0. The Morgan fingerprint density at radius 2 is 2.12 bits per heavy atom. The van der Waals surface area contributed by atoms with Gasteiger partial charge in [-0.2, -0.15) is 10.4 Å². The minimum absolute atomic E-state index is 0.155. The lowest BCUT2D eigenvalue weighted by Gasteiger charge is -2.07. The zero-order valence-corrected chi connectivity index (χ0v) is 12.1. The molecule has 7 heteroatoms. The van der Waals surface area contributed by atoms with Crippen LogP contribution in [-0.4, -0.2) is 11.5 Å². The number of amidine groups is 1. The molecule has 0 fully saturated rings. The first-order chi connectivity index (χ1) is 7.95. The number of benzene rings is 1. The van der Waals surface area contributed by atoms with E-state index in [1.807, 2.05) is 19.1 Å². The maximum absolute atomic E-state index is 8.68. The maximum Gasteiger partial charge on any atom is 0.201 e. The highest BCUT2D eigenvalue weighted by Crippen LogP contribution is 2.29. The Kier molecular flexibility index (Phi) is 4.66. The summed E-state index contributed by atoms with van der Waals surface area (Å²) < 4.78 is 1.76. The highest BCUT2D eigenvalue weighted by atomic mass is 79.9. The Morgan fingerprint density at radius 3 is 2.65 bits per heavy atom. The molecule has 1 aromatic rings. The molecule has 0 saturated carbocycles. The van der Waals surface area contributed by atoms with Crippen molar-refractivity contribution in [3.8, 4) is 6.07 Å². The first kappa shape index (κ1) is 13.7. The molecule has 0 radical (unpaired) electrons. The van der Waals surface area contributed by atoms with Crippen LogP contribution >= 0.6 is 31.9 Å². The fraction of sp³-hybridized carbons (Fsp3) is 0.100. The number of nitrogens with one attached hydrogen (secondary N) is 2. The highest BCUT2D eigenvalue weighted by Gasteiger charge is 2.05. The summed E-state index contributed by atoms with van der Waals surface area (Å²) in [5.41, 5.74) is 9.42. The summed E-state index contributed by atoms with van der Waals surface area (Å²) >= 11 is 6.76. The van der Waals surface area contributed by atoms with Crippen LogP contribution in [0.2, 0.25) is 0 Å². The van der Waals surface area contributed by atoms with Crippen molar-refractivity contribution < 1.29 is 0 Å². The molecule has 0 amide bonds. The molecule has 1 rings (SSSR count). The molecule has 4 N–H and O–H groups in total. The first-order valence-corrected chi connectivity index (χ1v) is 6.08. The van der Waals surface area contributed by atoms with Gasteiger partial charge in [-0.15, -0.1) is 0 Å². The number of nitrogens with zero attached hydrogens (tertiary/aromatic N) is 2. The lowest BCUT2D eigenvalue weighted by molar-refractivity contribution is 1.30. The van der Waals surface area contributed by atoms with E-state index in [2.05, 4.69) is 42.4 Å². The van der Waals surface area contributed by atoms with Crippen molar-refractivity contribution in [2.45, 2.75) is 6.92 Å². The number of nitrogens with two attached hydrogens (primary N) is 1. The van der Waals surface area contributed by atoms with Crippen molar-refractivity contribution in [2.24, 2.45) is 10.8 Å². The molecule has 1 aromatic carbocycles. The zero-order chi connectivity index (χ0) is 13.0. The molecule has 0 saturated heterocycles. The number of rotatable bonds is 3. The highest BCUT2D eigenvalue weighted by molar-refractivity contribution is 9.11. The minimum Gasteiger partial charge on any atom is -0.382 e. The molecule has 0 atom stereocenters. The average Bonchev–Trinajstić information content (AvgIpc) is 2.25. The second-order valence-electron chi connectivity index (χ2n) is 3.18. The number of anilines is 1. The summed E-state index contributed by atoms with van der Waals surface area (Å²) in [5, 5.41) is 19.5. The van der Waals surface area contributed by atoms with Crippen LogP contribution < -0.4 is 11.2 Å². The smallest absolute Gasteiger partial charge is 0.201 e. The van der Waals surface area contributed by atoms with Gasteiger partial charge in [0, 0.05) is 8.95 Å². The van der Waals surface area contributed by atoms with E-state index in [9.17, 15) is 0 Å². The van der Waals surface area contributed by atoms with Gasteiger partial charge in [0.25, 0.3) is 0 Å². The van der Waals surface area contributed by atoms with Gasteiger partial charge < -0.3 is 5.73 Å². The lowest BCUT2D eigenvalue weighted by Crippen LogP contribution is -2.21. The van der Waals surface area contributed by atoms with Crippen LogP contribution in [0.25, 0.3) is 0 Å². The number of hydrazone groups is 1. The van der Waals surface area contributed by atoms with Crippen LogP contribution in [-0.2, 0) is 0 Å². The number of aryl methyl sites for hydroxylation is 1. The van der Waals surface area contributed by atoms with Gasteiger partial charge >= 0.3 is 0 Å². The SMILES string of the molecule is Cc1cc(N/N=C(\C#N)C(=N)N)c(Br)cc1Br. The third-order valence-electron chi connectivity index (χ3n) is 1.90. The Labute approximate surface area is 115 Å². The Balaban J connectivity index is 3.01. The summed E-state index contributed by atoms with van der Waals surface area (Å²) in [6.07, 6.45) is 0. The molecular formula is C10H9Br2N5.